The molecular weight excluding hydrogens is 258 g/mol. The third kappa shape index (κ3) is 2.44. The molecule has 0 radical (unpaired) electrons. The fourth-order valence-electron chi connectivity index (χ4n) is 2.52. The van der Waals surface area contributed by atoms with Gasteiger partial charge in [-0.2, -0.15) is 0 Å². The Morgan fingerprint density at radius 3 is 3.00 bits per heavy atom. The lowest BCUT2D eigenvalue weighted by Gasteiger charge is -2.23. The van der Waals surface area contributed by atoms with Crippen molar-refractivity contribution in [2.45, 2.75) is 39.3 Å². The molecule has 4 nitrogen and oxygen atoms in total. The van der Waals surface area contributed by atoms with Gasteiger partial charge in [-0.1, -0.05) is 0 Å². The van der Waals surface area contributed by atoms with Gasteiger partial charge in [0.05, 0.1) is 5.69 Å². The van der Waals surface area contributed by atoms with Crippen LogP contribution in [0.2, 0.25) is 0 Å². The standard InChI is InChI=1S/C14H19N3OS/c1-9-8-19-14-15-12(6-13(18)17(9)14)7-16(3)10(2)11-4-5-11/h6,8,10-11H,4-5,7H2,1-3H3/t10-/m0/s1. The lowest BCUT2D eigenvalue weighted by Crippen LogP contribution is -2.31. The zero-order chi connectivity index (χ0) is 13.6. The molecular formula is C14H19N3OS. The molecule has 0 aliphatic heterocycles. The Labute approximate surface area is 116 Å². The molecule has 1 aliphatic rings. The number of hydrogen-bond acceptors (Lipinski definition) is 4. The topological polar surface area (TPSA) is 37.6 Å². The number of aromatic nitrogens is 2. The fraction of sp³-hybridized carbons (Fsp3) is 0.571. The highest BCUT2D eigenvalue weighted by Crippen LogP contribution is 2.34. The van der Waals surface area contributed by atoms with Crippen LogP contribution in [0.15, 0.2) is 16.2 Å². The summed E-state index contributed by atoms with van der Waals surface area (Å²) in [6.45, 7) is 4.95. The molecule has 1 aliphatic carbocycles. The lowest BCUT2D eigenvalue weighted by atomic mass is 10.2. The molecule has 0 aromatic carbocycles. The van der Waals surface area contributed by atoms with Crippen LogP contribution in [0.4, 0.5) is 0 Å². The van der Waals surface area contributed by atoms with Crippen LogP contribution in [0.1, 0.15) is 31.2 Å². The summed E-state index contributed by atoms with van der Waals surface area (Å²) in [7, 11) is 2.12. The largest absolute Gasteiger partial charge is 0.298 e. The van der Waals surface area contributed by atoms with E-state index in [1.807, 2.05) is 12.3 Å². The average Bonchev–Trinajstić information content (AvgIpc) is 3.13. The van der Waals surface area contributed by atoms with Gasteiger partial charge in [0.25, 0.3) is 5.56 Å². The monoisotopic (exact) mass is 277 g/mol. The van der Waals surface area contributed by atoms with Crippen molar-refractivity contribution in [2.24, 2.45) is 5.92 Å². The molecule has 1 fully saturated rings. The Kier molecular flexibility index (Phi) is 3.19. The average molecular weight is 277 g/mol. The SMILES string of the molecule is Cc1csc2nc(CN(C)[C@@H](C)C3CC3)cc(=O)n12. The zero-order valence-electron chi connectivity index (χ0n) is 11.6. The Bertz CT molecular complexity index is 656. The second kappa shape index (κ2) is 4.72. The quantitative estimate of drug-likeness (QED) is 0.860. The number of rotatable bonds is 4. The van der Waals surface area contributed by atoms with Crippen molar-refractivity contribution in [3.05, 3.63) is 33.2 Å². The smallest absolute Gasteiger partial charge is 0.259 e. The molecule has 3 rings (SSSR count). The molecule has 5 heteroatoms. The minimum atomic E-state index is 0.0335. The summed E-state index contributed by atoms with van der Waals surface area (Å²) in [5, 5.41) is 1.98. The first kappa shape index (κ1) is 12.8. The molecule has 2 aromatic rings. The van der Waals surface area contributed by atoms with E-state index in [-0.39, 0.29) is 5.56 Å². The van der Waals surface area contributed by atoms with Crippen molar-refractivity contribution < 1.29 is 0 Å². The van der Waals surface area contributed by atoms with Gasteiger partial charge in [0.2, 0.25) is 0 Å². The van der Waals surface area contributed by atoms with Crippen LogP contribution in [0.3, 0.4) is 0 Å². The van der Waals surface area contributed by atoms with Crippen LogP contribution in [-0.4, -0.2) is 27.4 Å². The van der Waals surface area contributed by atoms with Gasteiger partial charge in [0, 0.05) is 29.7 Å². The van der Waals surface area contributed by atoms with Gasteiger partial charge >= 0.3 is 0 Å². The van der Waals surface area contributed by atoms with Crippen LogP contribution < -0.4 is 5.56 Å². The first-order valence-corrected chi connectivity index (χ1v) is 7.61. The third-order valence-corrected chi connectivity index (χ3v) is 4.98. The van der Waals surface area contributed by atoms with Crippen molar-refractivity contribution >= 4 is 16.3 Å². The highest BCUT2D eigenvalue weighted by atomic mass is 32.1. The van der Waals surface area contributed by atoms with Gasteiger partial charge in [-0.25, -0.2) is 4.98 Å². The molecule has 2 heterocycles. The summed E-state index contributed by atoms with van der Waals surface area (Å²) in [6, 6.07) is 2.24. The molecule has 1 atom stereocenters. The third-order valence-electron chi connectivity index (χ3n) is 4.04. The van der Waals surface area contributed by atoms with Crippen LogP contribution in [0.5, 0.6) is 0 Å². The summed E-state index contributed by atoms with van der Waals surface area (Å²) < 4.78 is 1.68. The van der Waals surface area contributed by atoms with Crippen LogP contribution in [0.25, 0.3) is 4.96 Å². The van der Waals surface area contributed by atoms with E-state index in [1.165, 1.54) is 24.2 Å². The number of thiazole rings is 1. The van der Waals surface area contributed by atoms with E-state index in [4.69, 9.17) is 0 Å². The first-order valence-electron chi connectivity index (χ1n) is 6.73. The predicted octanol–water partition coefficient (Wildman–Crippen LogP) is 2.29. The fourth-order valence-corrected chi connectivity index (χ4v) is 3.41. The van der Waals surface area contributed by atoms with Crippen molar-refractivity contribution in [1.29, 1.82) is 0 Å². The second-order valence-electron chi connectivity index (χ2n) is 5.57. The molecule has 0 amide bonds. The van der Waals surface area contributed by atoms with Gasteiger partial charge < -0.3 is 0 Å². The summed E-state index contributed by atoms with van der Waals surface area (Å²) in [5.41, 5.74) is 1.87. The number of hydrogen-bond donors (Lipinski definition) is 0. The number of aryl methyl sites for hydroxylation is 1. The molecule has 0 N–H and O–H groups in total. The van der Waals surface area contributed by atoms with Crippen molar-refractivity contribution in [3.8, 4) is 0 Å². The molecule has 102 valence electrons. The van der Waals surface area contributed by atoms with Crippen LogP contribution in [-0.2, 0) is 6.54 Å². The van der Waals surface area contributed by atoms with E-state index < -0.39 is 0 Å². The maximum Gasteiger partial charge on any atom is 0.259 e. The van der Waals surface area contributed by atoms with Gasteiger partial charge in [0.15, 0.2) is 4.96 Å². The molecule has 1 saturated carbocycles. The van der Waals surface area contributed by atoms with Crippen LogP contribution in [0, 0.1) is 12.8 Å². The van der Waals surface area contributed by atoms with E-state index in [2.05, 4.69) is 23.9 Å². The summed E-state index contributed by atoms with van der Waals surface area (Å²) >= 11 is 1.53. The summed E-state index contributed by atoms with van der Waals surface area (Å²) in [6.07, 6.45) is 2.68. The second-order valence-corrected chi connectivity index (χ2v) is 6.41. The van der Waals surface area contributed by atoms with Crippen molar-refractivity contribution in [2.75, 3.05) is 7.05 Å². The normalized spacial score (nSPS) is 17.3. The molecule has 0 spiro atoms. The molecule has 0 saturated heterocycles. The van der Waals surface area contributed by atoms with Gasteiger partial charge in [-0.15, -0.1) is 11.3 Å². The number of fused-ring (bicyclic) bond motifs is 1. The molecule has 0 unspecified atom stereocenters. The Balaban J connectivity index is 1.86. The maximum absolute atomic E-state index is 12.1. The minimum Gasteiger partial charge on any atom is -0.298 e. The summed E-state index contributed by atoms with van der Waals surface area (Å²) in [4.78, 5) is 19.8. The van der Waals surface area contributed by atoms with Crippen molar-refractivity contribution in [1.82, 2.24) is 14.3 Å². The Morgan fingerprint density at radius 1 is 1.58 bits per heavy atom. The minimum absolute atomic E-state index is 0.0335. The van der Waals surface area contributed by atoms with Gasteiger partial charge in [-0.3, -0.25) is 14.1 Å². The van der Waals surface area contributed by atoms with E-state index in [1.54, 1.807) is 10.5 Å². The first-order chi connectivity index (χ1) is 9.06. The predicted molar refractivity (Wildman–Crippen MR) is 77.7 cm³/mol. The lowest BCUT2D eigenvalue weighted by molar-refractivity contribution is 0.224. The molecule has 19 heavy (non-hydrogen) atoms. The van der Waals surface area contributed by atoms with E-state index >= 15 is 0 Å². The van der Waals surface area contributed by atoms with Gasteiger partial charge in [-0.05, 0) is 39.7 Å². The number of nitrogens with zero attached hydrogens (tertiary/aromatic N) is 3. The maximum atomic E-state index is 12.1. The van der Waals surface area contributed by atoms with Crippen LogP contribution >= 0.6 is 11.3 Å². The van der Waals surface area contributed by atoms with E-state index in [0.717, 1.165) is 28.8 Å². The van der Waals surface area contributed by atoms with E-state index in [9.17, 15) is 4.79 Å². The highest BCUT2D eigenvalue weighted by molar-refractivity contribution is 7.15. The Hall–Kier alpha value is -1.20. The van der Waals surface area contributed by atoms with Gasteiger partial charge in [0.1, 0.15) is 0 Å². The zero-order valence-corrected chi connectivity index (χ0v) is 12.4. The molecule has 0 bridgehead atoms. The summed E-state index contributed by atoms with van der Waals surface area (Å²) in [5.74, 6) is 0.832. The van der Waals surface area contributed by atoms with E-state index in [0.29, 0.717) is 6.04 Å². The Morgan fingerprint density at radius 2 is 2.32 bits per heavy atom. The molecule has 2 aromatic heterocycles. The van der Waals surface area contributed by atoms with Crippen molar-refractivity contribution in [3.63, 3.8) is 0 Å². The highest BCUT2D eigenvalue weighted by Gasteiger charge is 2.30.